The van der Waals surface area contributed by atoms with Crippen LogP contribution in [0, 0.1) is 0 Å². The molecule has 0 fully saturated rings. The van der Waals surface area contributed by atoms with E-state index >= 15 is 0 Å². The lowest BCUT2D eigenvalue weighted by molar-refractivity contribution is -0.138. The van der Waals surface area contributed by atoms with Crippen LogP contribution in [0.1, 0.15) is 5.56 Å². The number of ether oxygens (including phenoxy) is 4. The predicted molar refractivity (Wildman–Crippen MR) is 156 cm³/mol. The first-order valence-corrected chi connectivity index (χ1v) is 14.6. The SMILES string of the molecule is C=CC(=O)OCCOc1ccc([Si](c2ccc(CO)cc2)(c2ccc(OC)cc2)c2ccc(OC)cc2)cc1. The molecule has 0 aliphatic rings. The summed E-state index contributed by atoms with van der Waals surface area (Å²) in [4.78, 5) is 11.3. The van der Waals surface area contributed by atoms with Crippen molar-refractivity contribution in [2.24, 2.45) is 0 Å². The van der Waals surface area contributed by atoms with Crippen LogP contribution in [0.4, 0.5) is 0 Å². The summed E-state index contributed by atoms with van der Waals surface area (Å²) in [7, 11) is 0.504. The first kappa shape index (κ1) is 27.7. The van der Waals surface area contributed by atoms with Gasteiger partial charge in [0, 0.05) is 6.08 Å². The van der Waals surface area contributed by atoms with E-state index in [4.69, 9.17) is 18.9 Å². The summed E-state index contributed by atoms with van der Waals surface area (Å²) < 4.78 is 21.8. The Bertz CT molecular complexity index is 1250. The molecule has 39 heavy (non-hydrogen) atoms. The lowest BCUT2D eigenvalue weighted by Crippen LogP contribution is -2.74. The number of carbonyl (C=O) groups is 1. The Balaban J connectivity index is 1.84. The van der Waals surface area contributed by atoms with E-state index < -0.39 is 14.0 Å². The highest BCUT2D eigenvalue weighted by Gasteiger charge is 2.41. The molecule has 0 spiro atoms. The Morgan fingerprint density at radius 2 is 1.10 bits per heavy atom. The molecular weight excluding hydrogens is 508 g/mol. The van der Waals surface area contributed by atoms with Gasteiger partial charge in [-0.25, -0.2) is 4.79 Å². The second-order valence-corrected chi connectivity index (χ2v) is 12.6. The van der Waals surface area contributed by atoms with Crippen molar-refractivity contribution in [3.8, 4) is 17.2 Å². The molecule has 0 unspecified atom stereocenters. The number of rotatable bonds is 12. The van der Waals surface area contributed by atoms with Crippen molar-refractivity contribution in [1.29, 1.82) is 0 Å². The van der Waals surface area contributed by atoms with Crippen molar-refractivity contribution in [1.82, 2.24) is 0 Å². The van der Waals surface area contributed by atoms with Gasteiger partial charge in [-0.1, -0.05) is 67.2 Å². The normalized spacial score (nSPS) is 10.9. The number of aliphatic hydroxyl groups is 1. The van der Waals surface area contributed by atoms with Gasteiger partial charge in [0.1, 0.15) is 30.5 Å². The van der Waals surface area contributed by atoms with Crippen molar-refractivity contribution >= 4 is 34.8 Å². The third-order valence-electron chi connectivity index (χ3n) is 6.67. The first-order chi connectivity index (χ1) is 19.0. The fourth-order valence-electron chi connectivity index (χ4n) is 4.70. The van der Waals surface area contributed by atoms with Crippen molar-refractivity contribution in [2.75, 3.05) is 27.4 Å². The third-order valence-corrected chi connectivity index (χ3v) is 11.5. The maximum Gasteiger partial charge on any atom is 0.330 e. The van der Waals surface area contributed by atoms with Crippen LogP contribution in [-0.2, 0) is 16.1 Å². The number of carbonyl (C=O) groups excluding carboxylic acids is 1. The fraction of sp³-hybridized carbons (Fsp3) is 0.156. The summed E-state index contributed by atoms with van der Waals surface area (Å²) in [5.41, 5.74) is 0.854. The van der Waals surface area contributed by atoms with Crippen LogP contribution in [0.5, 0.6) is 17.2 Å². The van der Waals surface area contributed by atoms with Gasteiger partial charge in [-0.2, -0.15) is 0 Å². The Labute approximate surface area is 230 Å². The van der Waals surface area contributed by atoms with E-state index in [0.717, 1.165) is 28.3 Å². The molecule has 6 nitrogen and oxygen atoms in total. The van der Waals surface area contributed by atoms with Crippen LogP contribution < -0.4 is 35.0 Å². The standard InChI is InChI=1S/C32H32O6Si/c1-4-32(34)38-22-21-37-27-11-19-31(20-12-27)39(28-13-5-24(23-33)6-14-28,29-15-7-25(35-2)8-16-29)30-17-9-26(36-3)10-18-30/h4-20,33H,1,21-23H2,2-3H3. The van der Waals surface area contributed by atoms with E-state index in [1.807, 2.05) is 48.5 Å². The molecule has 200 valence electrons. The molecule has 0 bridgehead atoms. The fourth-order valence-corrected chi connectivity index (χ4v) is 9.37. The third kappa shape index (κ3) is 6.06. The molecule has 0 aliphatic carbocycles. The van der Waals surface area contributed by atoms with E-state index in [-0.39, 0.29) is 19.8 Å². The van der Waals surface area contributed by atoms with E-state index in [1.165, 1.54) is 15.6 Å². The predicted octanol–water partition coefficient (Wildman–Crippen LogP) is 2.68. The van der Waals surface area contributed by atoms with Crippen LogP contribution >= 0.6 is 0 Å². The summed E-state index contributed by atoms with van der Waals surface area (Å²) in [6, 6.07) is 32.8. The molecule has 4 aromatic carbocycles. The van der Waals surface area contributed by atoms with E-state index in [1.54, 1.807) is 14.2 Å². The highest BCUT2D eigenvalue weighted by Crippen LogP contribution is 2.17. The van der Waals surface area contributed by atoms with Gasteiger partial charge >= 0.3 is 5.97 Å². The summed E-state index contributed by atoms with van der Waals surface area (Å²) in [5.74, 6) is 1.77. The van der Waals surface area contributed by atoms with Crippen LogP contribution in [0.3, 0.4) is 0 Å². The number of aliphatic hydroxyl groups excluding tert-OH is 1. The average molecular weight is 541 g/mol. The van der Waals surface area contributed by atoms with Gasteiger partial charge in [0.2, 0.25) is 0 Å². The molecule has 0 aliphatic heterocycles. The molecule has 0 radical (unpaired) electrons. The molecule has 0 aromatic heterocycles. The van der Waals surface area contributed by atoms with Crippen molar-refractivity contribution in [3.05, 3.63) is 115 Å². The monoisotopic (exact) mass is 540 g/mol. The van der Waals surface area contributed by atoms with Crippen LogP contribution in [0.15, 0.2) is 110 Å². The minimum absolute atomic E-state index is 0.0198. The second-order valence-electron chi connectivity index (χ2n) is 8.81. The van der Waals surface area contributed by atoms with E-state index in [9.17, 15) is 9.90 Å². The summed E-state index contributed by atoms with van der Waals surface area (Å²) in [6.45, 7) is 3.75. The van der Waals surface area contributed by atoms with Gasteiger partial charge in [0.25, 0.3) is 0 Å². The quantitative estimate of drug-likeness (QED) is 0.0980. The zero-order chi connectivity index (χ0) is 27.7. The second kappa shape index (κ2) is 13.0. The molecule has 0 heterocycles. The van der Waals surface area contributed by atoms with Crippen LogP contribution in [0.2, 0.25) is 0 Å². The van der Waals surface area contributed by atoms with Gasteiger partial charge < -0.3 is 24.1 Å². The minimum atomic E-state index is -2.82. The lowest BCUT2D eigenvalue weighted by atomic mass is 10.2. The maximum absolute atomic E-state index is 11.3. The molecule has 0 amide bonds. The highest BCUT2D eigenvalue weighted by atomic mass is 28.3. The van der Waals surface area contributed by atoms with Gasteiger partial charge in [-0.3, -0.25) is 0 Å². The maximum atomic E-state index is 11.3. The van der Waals surface area contributed by atoms with Gasteiger partial charge in [-0.05, 0) is 62.7 Å². The van der Waals surface area contributed by atoms with E-state index in [0.29, 0.717) is 5.75 Å². The topological polar surface area (TPSA) is 74.2 Å². The van der Waals surface area contributed by atoms with Crippen molar-refractivity contribution in [2.45, 2.75) is 6.61 Å². The summed E-state index contributed by atoms with van der Waals surface area (Å²) in [6.07, 6.45) is 1.13. The Kier molecular flexibility index (Phi) is 9.20. The van der Waals surface area contributed by atoms with Gasteiger partial charge in [-0.15, -0.1) is 0 Å². The highest BCUT2D eigenvalue weighted by molar-refractivity contribution is 7.19. The van der Waals surface area contributed by atoms with Crippen LogP contribution in [-0.4, -0.2) is 46.6 Å². The summed E-state index contributed by atoms with van der Waals surface area (Å²) in [5, 5.41) is 14.4. The van der Waals surface area contributed by atoms with E-state index in [2.05, 4.69) is 55.1 Å². The zero-order valence-corrected chi connectivity index (χ0v) is 23.1. The molecular formula is C32H32O6Si. The average Bonchev–Trinajstić information content (AvgIpc) is 3.01. The number of esters is 1. The molecule has 1 N–H and O–H groups in total. The first-order valence-electron chi connectivity index (χ1n) is 12.6. The molecule has 0 atom stereocenters. The molecule has 4 aromatic rings. The number of hydrogen-bond donors (Lipinski definition) is 1. The molecule has 7 heteroatoms. The smallest absolute Gasteiger partial charge is 0.330 e. The van der Waals surface area contributed by atoms with Gasteiger partial charge in [0.05, 0.1) is 20.8 Å². The molecule has 4 rings (SSSR count). The molecule has 0 saturated heterocycles. The largest absolute Gasteiger partial charge is 0.497 e. The lowest BCUT2D eigenvalue weighted by Gasteiger charge is -2.34. The van der Waals surface area contributed by atoms with Gasteiger partial charge in [0.15, 0.2) is 8.07 Å². The van der Waals surface area contributed by atoms with Crippen molar-refractivity contribution < 1.29 is 28.8 Å². The van der Waals surface area contributed by atoms with Crippen molar-refractivity contribution in [3.63, 3.8) is 0 Å². The number of methoxy groups -OCH3 is 2. The molecule has 0 saturated carbocycles. The Morgan fingerprint density at radius 1 is 0.692 bits per heavy atom. The summed E-state index contributed by atoms with van der Waals surface area (Å²) >= 11 is 0. The Morgan fingerprint density at radius 3 is 1.49 bits per heavy atom. The van der Waals surface area contributed by atoms with Crippen LogP contribution in [0.25, 0.3) is 0 Å². The zero-order valence-electron chi connectivity index (χ0n) is 22.1. The minimum Gasteiger partial charge on any atom is -0.497 e. The number of hydrogen-bond acceptors (Lipinski definition) is 6. The number of benzene rings is 4. The Hall–Kier alpha value is -4.33.